The minimum absolute atomic E-state index is 0.163. The third kappa shape index (κ3) is 4.44. The molecule has 3 rings (SSSR count). The molecule has 1 aromatic rings. The first-order valence-corrected chi connectivity index (χ1v) is 9.24. The van der Waals surface area contributed by atoms with E-state index in [0.717, 1.165) is 43.3 Å². The fraction of sp³-hybridized carbons (Fsp3) is 0.600. The molecule has 2 heterocycles. The zero-order valence-electron chi connectivity index (χ0n) is 14.7. The number of hydrogen-bond donors (Lipinski definition) is 0. The summed E-state index contributed by atoms with van der Waals surface area (Å²) in [5, 5.41) is 0. The number of nitrogens with zero attached hydrogens (tertiary/aromatic N) is 3. The third-order valence-electron chi connectivity index (χ3n) is 5.20. The Morgan fingerprint density at radius 1 is 1.29 bits per heavy atom. The van der Waals surface area contributed by atoms with Gasteiger partial charge in [-0.25, -0.2) is 9.97 Å². The summed E-state index contributed by atoms with van der Waals surface area (Å²) >= 11 is 0. The molecular weight excluding hydrogens is 298 g/mol. The molecule has 0 bridgehead atoms. The monoisotopic (exact) mass is 327 g/mol. The van der Waals surface area contributed by atoms with Gasteiger partial charge in [-0.3, -0.25) is 4.90 Å². The van der Waals surface area contributed by atoms with E-state index in [0.29, 0.717) is 5.88 Å². The number of allylic oxidation sites excluding steroid dienone is 3. The first-order valence-electron chi connectivity index (χ1n) is 9.24. The number of aryl methyl sites for hydroxylation is 1. The van der Waals surface area contributed by atoms with E-state index in [2.05, 4.69) is 40.5 Å². The SMILES string of the molecule is C=CCCC(CN1C[C@H]2CC=CC[C@H]2C1)Oc1cc(CC)ncn1. The van der Waals surface area contributed by atoms with Gasteiger partial charge in [-0.05, 0) is 43.9 Å². The fourth-order valence-corrected chi connectivity index (χ4v) is 3.85. The highest BCUT2D eigenvalue weighted by Gasteiger charge is 2.33. The van der Waals surface area contributed by atoms with Gasteiger partial charge in [0.05, 0.1) is 0 Å². The summed E-state index contributed by atoms with van der Waals surface area (Å²) in [6.07, 6.45) is 13.8. The van der Waals surface area contributed by atoms with Gasteiger partial charge in [0.1, 0.15) is 12.4 Å². The molecule has 0 radical (unpaired) electrons. The van der Waals surface area contributed by atoms with Gasteiger partial charge in [0, 0.05) is 31.4 Å². The van der Waals surface area contributed by atoms with Crippen LogP contribution in [0, 0.1) is 11.8 Å². The molecule has 1 fully saturated rings. The van der Waals surface area contributed by atoms with Crippen LogP contribution in [0.2, 0.25) is 0 Å². The van der Waals surface area contributed by atoms with Crippen molar-refractivity contribution in [2.45, 2.75) is 45.1 Å². The zero-order valence-corrected chi connectivity index (χ0v) is 14.7. The number of ether oxygens (including phenoxy) is 1. The van der Waals surface area contributed by atoms with E-state index >= 15 is 0 Å². The lowest BCUT2D eigenvalue weighted by atomic mass is 9.86. The maximum absolute atomic E-state index is 6.22. The van der Waals surface area contributed by atoms with Crippen LogP contribution in [0.1, 0.15) is 38.3 Å². The first-order chi connectivity index (χ1) is 11.8. The molecule has 1 aliphatic heterocycles. The number of fused-ring (bicyclic) bond motifs is 1. The van der Waals surface area contributed by atoms with Crippen LogP contribution in [-0.2, 0) is 6.42 Å². The molecule has 4 nitrogen and oxygen atoms in total. The van der Waals surface area contributed by atoms with Gasteiger partial charge in [0.15, 0.2) is 0 Å². The Bertz CT molecular complexity index is 556. The number of aromatic nitrogens is 2. The van der Waals surface area contributed by atoms with Crippen molar-refractivity contribution >= 4 is 0 Å². The topological polar surface area (TPSA) is 38.2 Å². The molecule has 130 valence electrons. The van der Waals surface area contributed by atoms with Crippen LogP contribution in [0.4, 0.5) is 0 Å². The van der Waals surface area contributed by atoms with Crippen LogP contribution in [-0.4, -0.2) is 40.6 Å². The molecule has 3 atom stereocenters. The minimum Gasteiger partial charge on any atom is -0.473 e. The van der Waals surface area contributed by atoms with Crippen LogP contribution in [0.5, 0.6) is 5.88 Å². The Hall–Kier alpha value is -1.68. The Morgan fingerprint density at radius 3 is 2.71 bits per heavy atom. The van der Waals surface area contributed by atoms with Crippen molar-refractivity contribution in [2.24, 2.45) is 11.8 Å². The van der Waals surface area contributed by atoms with E-state index in [9.17, 15) is 0 Å². The third-order valence-corrected chi connectivity index (χ3v) is 5.20. The highest BCUT2D eigenvalue weighted by Crippen LogP contribution is 2.33. The molecule has 0 N–H and O–H groups in total. The second-order valence-electron chi connectivity index (χ2n) is 6.99. The molecule has 0 amide bonds. The van der Waals surface area contributed by atoms with E-state index in [1.807, 2.05) is 12.1 Å². The van der Waals surface area contributed by atoms with Crippen molar-refractivity contribution in [3.05, 3.63) is 42.9 Å². The van der Waals surface area contributed by atoms with Gasteiger partial charge in [-0.2, -0.15) is 0 Å². The molecule has 1 aliphatic carbocycles. The molecule has 0 spiro atoms. The Morgan fingerprint density at radius 2 is 2.04 bits per heavy atom. The van der Waals surface area contributed by atoms with Crippen molar-refractivity contribution in [1.29, 1.82) is 0 Å². The van der Waals surface area contributed by atoms with Gasteiger partial charge in [0.2, 0.25) is 5.88 Å². The highest BCUT2D eigenvalue weighted by molar-refractivity contribution is 5.13. The molecule has 1 unspecified atom stereocenters. The quantitative estimate of drug-likeness (QED) is 0.683. The van der Waals surface area contributed by atoms with Crippen molar-refractivity contribution < 1.29 is 4.74 Å². The lowest BCUT2D eigenvalue weighted by Gasteiger charge is -2.24. The summed E-state index contributed by atoms with van der Waals surface area (Å²) < 4.78 is 6.22. The summed E-state index contributed by atoms with van der Waals surface area (Å²) in [5.74, 6) is 2.37. The Balaban J connectivity index is 1.60. The average Bonchev–Trinajstić information content (AvgIpc) is 3.02. The maximum atomic E-state index is 6.22. The molecule has 2 aliphatic rings. The molecule has 4 heteroatoms. The summed E-state index contributed by atoms with van der Waals surface area (Å²) in [4.78, 5) is 11.1. The van der Waals surface area contributed by atoms with Gasteiger partial charge >= 0.3 is 0 Å². The normalized spacial score (nSPS) is 24.5. The van der Waals surface area contributed by atoms with Gasteiger partial charge < -0.3 is 4.74 Å². The van der Waals surface area contributed by atoms with E-state index in [-0.39, 0.29) is 6.10 Å². The van der Waals surface area contributed by atoms with E-state index in [1.165, 1.54) is 25.9 Å². The molecule has 0 aromatic carbocycles. The first kappa shape index (κ1) is 17.2. The predicted octanol–water partition coefficient (Wildman–Crippen LogP) is 3.65. The van der Waals surface area contributed by atoms with Gasteiger partial charge in [-0.15, -0.1) is 6.58 Å². The molecular formula is C20H29N3O. The summed E-state index contributed by atoms with van der Waals surface area (Å²) in [6.45, 7) is 9.33. The van der Waals surface area contributed by atoms with Crippen LogP contribution in [0.3, 0.4) is 0 Å². The molecule has 24 heavy (non-hydrogen) atoms. The van der Waals surface area contributed by atoms with Crippen LogP contribution in [0.25, 0.3) is 0 Å². The minimum atomic E-state index is 0.163. The largest absolute Gasteiger partial charge is 0.473 e. The average molecular weight is 327 g/mol. The maximum Gasteiger partial charge on any atom is 0.216 e. The number of rotatable bonds is 8. The van der Waals surface area contributed by atoms with Crippen LogP contribution >= 0.6 is 0 Å². The van der Waals surface area contributed by atoms with Crippen LogP contribution in [0.15, 0.2) is 37.2 Å². The molecule has 1 saturated heterocycles. The van der Waals surface area contributed by atoms with Crippen molar-refractivity contribution in [3.63, 3.8) is 0 Å². The molecule has 1 aromatic heterocycles. The fourth-order valence-electron chi connectivity index (χ4n) is 3.85. The smallest absolute Gasteiger partial charge is 0.216 e. The predicted molar refractivity (Wildman–Crippen MR) is 97.1 cm³/mol. The standard InChI is InChI=1S/C20H29N3O/c1-3-5-10-19(24-20-11-18(4-2)21-15-22-20)14-23-12-16-8-6-7-9-17(16)13-23/h3,6-7,11,15-17,19H,1,4-5,8-10,12-14H2,2H3/t16-,17+,19?. The summed E-state index contributed by atoms with van der Waals surface area (Å²) in [7, 11) is 0. The van der Waals surface area contributed by atoms with Crippen molar-refractivity contribution in [2.75, 3.05) is 19.6 Å². The zero-order chi connectivity index (χ0) is 16.8. The van der Waals surface area contributed by atoms with E-state index in [4.69, 9.17) is 4.74 Å². The van der Waals surface area contributed by atoms with E-state index < -0.39 is 0 Å². The summed E-state index contributed by atoms with van der Waals surface area (Å²) in [6, 6.07) is 1.97. The molecule has 0 saturated carbocycles. The lowest BCUT2D eigenvalue weighted by molar-refractivity contribution is 0.131. The Labute approximate surface area is 145 Å². The summed E-state index contributed by atoms with van der Waals surface area (Å²) in [5.41, 5.74) is 1.03. The second-order valence-corrected chi connectivity index (χ2v) is 6.99. The second kappa shape index (κ2) is 8.43. The number of likely N-dealkylation sites (tertiary alicyclic amines) is 1. The van der Waals surface area contributed by atoms with Crippen molar-refractivity contribution in [1.82, 2.24) is 14.9 Å². The van der Waals surface area contributed by atoms with E-state index in [1.54, 1.807) is 6.33 Å². The lowest BCUT2D eigenvalue weighted by Crippen LogP contribution is -2.34. The van der Waals surface area contributed by atoms with Gasteiger partial charge in [0.25, 0.3) is 0 Å². The highest BCUT2D eigenvalue weighted by atomic mass is 16.5. The van der Waals surface area contributed by atoms with Crippen molar-refractivity contribution in [3.8, 4) is 5.88 Å². The number of hydrogen-bond acceptors (Lipinski definition) is 4. The van der Waals surface area contributed by atoms with Gasteiger partial charge in [-0.1, -0.05) is 25.2 Å². The van der Waals surface area contributed by atoms with Crippen LogP contribution < -0.4 is 4.74 Å². The Kier molecular flexibility index (Phi) is 6.02.